The van der Waals surface area contributed by atoms with Gasteiger partial charge in [-0.25, -0.2) is 0 Å². The fourth-order valence-electron chi connectivity index (χ4n) is 1.44. The first-order chi connectivity index (χ1) is 6.40. The van der Waals surface area contributed by atoms with Gasteiger partial charge < -0.3 is 10.1 Å². The SMILES string of the molecule is CCOC1C=Cc2ccccc2N1.Cl. The summed E-state index contributed by atoms with van der Waals surface area (Å²) in [5.74, 6) is 0. The zero-order chi connectivity index (χ0) is 9.10. The number of hydrogen-bond donors (Lipinski definition) is 1. The molecular formula is C11H14ClNO. The summed E-state index contributed by atoms with van der Waals surface area (Å²) in [6, 6.07) is 8.20. The third kappa shape index (κ3) is 2.28. The normalized spacial score (nSPS) is 17.9. The summed E-state index contributed by atoms with van der Waals surface area (Å²) in [6.07, 6.45) is 4.15. The molecule has 0 radical (unpaired) electrons. The first-order valence-electron chi connectivity index (χ1n) is 4.55. The van der Waals surface area contributed by atoms with E-state index in [1.807, 2.05) is 25.1 Å². The molecule has 1 aromatic carbocycles. The van der Waals surface area contributed by atoms with Crippen molar-refractivity contribution < 1.29 is 4.74 Å². The van der Waals surface area contributed by atoms with Gasteiger partial charge in [-0.15, -0.1) is 12.4 Å². The van der Waals surface area contributed by atoms with E-state index >= 15 is 0 Å². The Labute approximate surface area is 90.4 Å². The minimum absolute atomic E-state index is 0. The molecule has 1 aromatic rings. The van der Waals surface area contributed by atoms with Gasteiger partial charge in [-0.2, -0.15) is 0 Å². The Kier molecular flexibility index (Phi) is 3.98. The van der Waals surface area contributed by atoms with Gasteiger partial charge in [0, 0.05) is 12.3 Å². The monoisotopic (exact) mass is 211 g/mol. The molecule has 1 heterocycles. The maximum absolute atomic E-state index is 5.44. The molecule has 0 bridgehead atoms. The van der Waals surface area contributed by atoms with Crippen molar-refractivity contribution in [1.29, 1.82) is 0 Å². The Balaban J connectivity index is 0.000000980. The van der Waals surface area contributed by atoms with Crippen LogP contribution in [0.15, 0.2) is 30.3 Å². The van der Waals surface area contributed by atoms with Crippen molar-refractivity contribution in [3.63, 3.8) is 0 Å². The number of fused-ring (bicyclic) bond motifs is 1. The molecule has 1 N–H and O–H groups in total. The summed E-state index contributed by atoms with van der Waals surface area (Å²) in [4.78, 5) is 0. The molecule has 3 heteroatoms. The van der Waals surface area contributed by atoms with Crippen LogP contribution >= 0.6 is 12.4 Å². The molecule has 76 valence electrons. The summed E-state index contributed by atoms with van der Waals surface area (Å²) < 4.78 is 5.44. The second-order valence-corrected chi connectivity index (χ2v) is 2.97. The molecule has 14 heavy (non-hydrogen) atoms. The van der Waals surface area contributed by atoms with Crippen molar-refractivity contribution in [2.75, 3.05) is 11.9 Å². The number of hydrogen-bond acceptors (Lipinski definition) is 2. The number of halogens is 1. The van der Waals surface area contributed by atoms with Crippen molar-refractivity contribution in [2.24, 2.45) is 0 Å². The molecule has 0 aliphatic carbocycles. The number of nitrogens with one attached hydrogen (secondary N) is 1. The molecule has 0 amide bonds. The van der Waals surface area contributed by atoms with E-state index in [0.717, 1.165) is 12.3 Å². The summed E-state index contributed by atoms with van der Waals surface area (Å²) in [5.41, 5.74) is 2.36. The quantitative estimate of drug-likeness (QED) is 0.812. The Morgan fingerprint density at radius 1 is 1.36 bits per heavy atom. The predicted octanol–water partition coefficient (Wildman–Crippen LogP) is 2.91. The third-order valence-electron chi connectivity index (χ3n) is 2.06. The van der Waals surface area contributed by atoms with Crippen LogP contribution in [0.3, 0.4) is 0 Å². The minimum Gasteiger partial charge on any atom is -0.356 e. The highest BCUT2D eigenvalue weighted by molar-refractivity contribution is 5.85. The van der Waals surface area contributed by atoms with Crippen LogP contribution in [-0.2, 0) is 4.74 Å². The van der Waals surface area contributed by atoms with E-state index in [2.05, 4.69) is 23.5 Å². The van der Waals surface area contributed by atoms with Crippen molar-refractivity contribution >= 4 is 24.2 Å². The van der Waals surface area contributed by atoms with Crippen molar-refractivity contribution in [2.45, 2.75) is 13.2 Å². The van der Waals surface area contributed by atoms with E-state index in [1.165, 1.54) is 5.56 Å². The number of ether oxygens (including phenoxy) is 1. The Hall–Kier alpha value is -0.990. The lowest BCUT2D eigenvalue weighted by atomic mass is 10.1. The highest BCUT2D eigenvalue weighted by atomic mass is 35.5. The van der Waals surface area contributed by atoms with E-state index < -0.39 is 0 Å². The summed E-state index contributed by atoms with van der Waals surface area (Å²) in [7, 11) is 0. The smallest absolute Gasteiger partial charge is 0.147 e. The molecule has 0 spiro atoms. The second-order valence-electron chi connectivity index (χ2n) is 2.97. The molecule has 0 saturated carbocycles. The largest absolute Gasteiger partial charge is 0.356 e. The fourth-order valence-corrected chi connectivity index (χ4v) is 1.44. The third-order valence-corrected chi connectivity index (χ3v) is 2.06. The highest BCUT2D eigenvalue weighted by Gasteiger charge is 2.10. The Bertz CT molecular complexity index is 325. The van der Waals surface area contributed by atoms with Crippen LogP contribution < -0.4 is 5.32 Å². The van der Waals surface area contributed by atoms with E-state index in [0.29, 0.717) is 0 Å². The topological polar surface area (TPSA) is 21.3 Å². The minimum atomic E-state index is 0. The van der Waals surface area contributed by atoms with Crippen LogP contribution in [0.2, 0.25) is 0 Å². The summed E-state index contributed by atoms with van der Waals surface area (Å²) >= 11 is 0. The average Bonchev–Trinajstić information content (AvgIpc) is 2.18. The van der Waals surface area contributed by atoms with Crippen LogP contribution in [0.4, 0.5) is 5.69 Å². The predicted molar refractivity (Wildman–Crippen MR) is 61.8 cm³/mol. The van der Waals surface area contributed by atoms with Gasteiger partial charge in [-0.1, -0.05) is 24.3 Å². The lowest BCUT2D eigenvalue weighted by molar-refractivity contribution is 0.115. The van der Waals surface area contributed by atoms with Gasteiger partial charge in [-0.3, -0.25) is 0 Å². The number of para-hydroxylation sites is 1. The van der Waals surface area contributed by atoms with E-state index in [-0.39, 0.29) is 18.6 Å². The zero-order valence-electron chi connectivity index (χ0n) is 8.07. The van der Waals surface area contributed by atoms with Crippen LogP contribution in [0.5, 0.6) is 0 Å². The molecule has 1 atom stereocenters. The zero-order valence-corrected chi connectivity index (χ0v) is 8.88. The van der Waals surface area contributed by atoms with Gasteiger partial charge in [0.25, 0.3) is 0 Å². The highest BCUT2D eigenvalue weighted by Crippen LogP contribution is 2.22. The van der Waals surface area contributed by atoms with E-state index in [4.69, 9.17) is 4.74 Å². The van der Waals surface area contributed by atoms with Crippen LogP contribution in [-0.4, -0.2) is 12.8 Å². The van der Waals surface area contributed by atoms with Gasteiger partial charge in [0.1, 0.15) is 6.23 Å². The summed E-state index contributed by atoms with van der Waals surface area (Å²) in [5, 5.41) is 3.29. The molecule has 1 aliphatic heterocycles. The number of anilines is 1. The molecule has 2 rings (SSSR count). The first-order valence-corrected chi connectivity index (χ1v) is 4.55. The molecule has 0 aromatic heterocycles. The van der Waals surface area contributed by atoms with Gasteiger partial charge in [-0.05, 0) is 24.6 Å². The van der Waals surface area contributed by atoms with Crippen molar-refractivity contribution in [1.82, 2.24) is 0 Å². The van der Waals surface area contributed by atoms with Crippen molar-refractivity contribution in [3.8, 4) is 0 Å². The maximum atomic E-state index is 5.44. The molecule has 1 unspecified atom stereocenters. The van der Waals surface area contributed by atoms with Gasteiger partial charge in [0.05, 0.1) is 0 Å². The van der Waals surface area contributed by atoms with E-state index in [9.17, 15) is 0 Å². The molecule has 1 aliphatic rings. The van der Waals surface area contributed by atoms with Gasteiger partial charge in [0.2, 0.25) is 0 Å². The molecule has 0 fully saturated rings. The van der Waals surface area contributed by atoms with Crippen LogP contribution in [0.25, 0.3) is 6.08 Å². The van der Waals surface area contributed by atoms with E-state index in [1.54, 1.807) is 0 Å². The Morgan fingerprint density at radius 3 is 2.93 bits per heavy atom. The van der Waals surface area contributed by atoms with Crippen molar-refractivity contribution in [3.05, 3.63) is 35.9 Å². The van der Waals surface area contributed by atoms with Crippen LogP contribution in [0.1, 0.15) is 12.5 Å². The van der Waals surface area contributed by atoms with Gasteiger partial charge >= 0.3 is 0 Å². The number of rotatable bonds is 2. The van der Waals surface area contributed by atoms with Gasteiger partial charge in [0.15, 0.2) is 0 Å². The average molecular weight is 212 g/mol. The standard InChI is InChI=1S/C11H13NO.ClH/c1-2-13-11-8-7-9-5-3-4-6-10(9)12-11;/h3-8,11-12H,2H2,1H3;1H. The lowest BCUT2D eigenvalue weighted by Crippen LogP contribution is -2.23. The molecule has 0 saturated heterocycles. The first kappa shape index (κ1) is 11.1. The second kappa shape index (κ2) is 5.03. The maximum Gasteiger partial charge on any atom is 0.147 e. The Morgan fingerprint density at radius 2 is 2.14 bits per heavy atom. The molecular weight excluding hydrogens is 198 g/mol. The fraction of sp³-hybridized carbons (Fsp3) is 0.273. The molecule has 2 nitrogen and oxygen atoms in total. The lowest BCUT2D eigenvalue weighted by Gasteiger charge is -2.21. The number of benzene rings is 1. The summed E-state index contributed by atoms with van der Waals surface area (Å²) in [6.45, 7) is 2.72. The van der Waals surface area contributed by atoms with Crippen LogP contribution in [0, 0.1) is 0 Å².